The lowest BCUT2D eigenvalue weighted by atomic mass is 10.0. The fourth-order valence-corrected chi connectivity index (χ4v) is 5.91. The second kappa shape index (κ2) is 7.74. The van der Waals surface area contributed by atoms with Crippen LogP contribution < -0.4 is 13.7 Å². The van der Waals surface area contributed by atoms with Crippen LogP contribution in [0.1, 0.15) is 16.7 Å². The summed E-state index contributed by atoms with van der Waals surface area (Å²) in [4.78, 5) is 0. The van der Waals surface area contributed by atoms with Gasteiger partial charge in [-0.2, -0.15) is 0 Å². The van der Waals surface area contributed by atoms with Crippen molar-refractivity contribution in [3.05, 3.63) is 100 Å². The molecule has 0 N–H and O–H groups in total. The van der Waals surface area contributed by atoms with Crippen molar-refractivity contribution in [2.75, 3.05) is 4.67 Å². The Morgan fingerprint density at radius 2 is 1.74 bits per heavy atom. The van der Waals surface area contributed by atoms with Gasteiger partial charge in [-0.25, -0.2) is 4.57 Å². The average Bonchev–Trinajstić information content (AvgIpc) is 2.76. The molecule has 1 heterocycles. The van der Waals surface area contributed by atoms with E-state index in [0.29, 0.717) is 18.0 Å². The van der Waals surface area contributed by atoms with Crippen LogP contribution in [-0.2, 0) is 11.1 Å². The van der Waals surface area contributed by atoms with E-state index in [4.69, 9.17) is 9.05 Å². The molecule has 31 heavy (non-hydrogen) atoms. The molecule has 0 saturated heterocycles. The third kappa shape index (κ3) is 3.73. The maximum absolute atomic E-state index is 14.3. The molecular formula is C25H21BrNO3P. The van der Waals surface area contributed by atoms with Gasteiger partial charge >= 0.3 is 7.75 Å². The Balaban J connectivity index is 1.66. The summed E-state index contributed by atoms with van der Waals surface area (Å²) in [5, 5.41) is 2.20. The predicted octanol–water partition coefficient (Wildman–Crippen LogP) is 7.81. The van der Waals surface area contributed by atoms with Gasteiger partial charge in [0.05, 0.1) is 6.54 Å². The monoisotopic (exact) mass is 493 g/mol. The smallest absolute Gasteiger partial charge is 0.400 e. The number of benzene rings is 4. The lowest BCUT2D eigenvalue weighted by Gasteiger charge is -2.37. The van der Waals surface area contributed by atoms with Gasteiger partial charge in [-0.1, -0.05) is 58.4 Å². The summed E-state index contributed by atoms with van der Waals surface area (Å²) in [6.07, 6.45) is 0. The summed E-state index contributed by atoms with van der Waals surface area (Å²) in [6, 6.07) is 25.6. The summed E-state index contributed by atoms with van der Waals surface area (Å²) < 4.78 is 29.3. The Morgan fingerprint density at radius 3 is 2.55 bits per heavy atom. The topological polar surface area (TPSA) is 38.8 Å². The first-order valence-electron chi connectivity index (χ1n) is 10.0. The molecule has 5 rings (SSSR count). The number of halogens is 1. The van der Waals surface area contributed by atoms with Crippen molar-refractivity contribution in [3.63, 3.8) is 0 Å². The number of anilines is 1. The Labute approximate surface area is 190 Å². The highest BCUT2D eigenvalue weighted by Gasteiger charge is 2.43. The van der Waals surface area contributed by atoms with Gasteiger partial charge in [-0.3, -0.25) is 4.67 Å². The molecule has 156 valence electrons. The summed E-state index contributed by atoms with van der Waals surface area (Å²) >= 11 is 3.48. The lowest BCUT2D eigenvalue weighted by Crippen LogP contribution is -2.29. The van der Waals surface area contributed by atoms with Gasteiger partial charge in [-0.05, 0) is 72.1 Å². The van der Waals surface area contributed by atoms with Crippen LogP contribution in [0.3, 0.4) is 0 Å². The van der Waals surface area contributed by atoms with Gasteiger partial charge in [-0.15, -0.1) is 0 Å². The predicted molar refractivity (Wildman–Crippen MR) is 129 cm³/mol. The highest BCUT2D eigenvalue weighted by Crippen LogP contribution is 2.59. The van der Waals surface area contributed by atoms with Crippen LogP contribution in [0, 0.1) is 13.8 Å². The molecule has 4 aromatic carbocycles. The third-order valence-corrected chi connectivity index (χ3v) is 7.84. The highest BCUT2D eigenvalue weighted by molar-refractivity contribution is 9.10. The van der Waals surface area contributed by atoms with E-state index in [0.717, 1.165) is 37.6 Å². The molecule has 0 saturated carbocycles. The normalized spacial score (nSPS) is 17.8. The minimum Gasteiger partial charge on any atom is -0.400 e. The molecule has 1 aliphatic heterocycles. The molecular weight excluding hydrogens is 473 g/mol. The van der Waals surface area contributed by atoms with Crippen LogP contribution in [0.4, 0.5) is 5.69 Å². The van der Waals surface area contributed by atoms with Crippen molar-refractivity contribution in [3.8, 4) is 11.5 Å². The first kappa shape index (κ1) is 20.2. The molecule has 0 radical (unpaired) electrons. The minimum absolute atomic E-state index is 0.417. The Morgan fingerprint density at radius 1 is 0.968 bits per heavy atom. The van der Waals surface area contributed by atoms with E-state index in [2.05, 4.69) is 28.1 Å². The van der Waals surface area contributed by atoms with E-state index in [1.165, 1.54) is 0 Å². The van der Waals surface area contributed by atoms with Crippen molar-refractivity contribution >= 4 is 40.1 Å². The zero-order valence-corrected chi connectivity index (χ0v) is 19.7. The number of aryl methyl sites for hydroxylation is 2. The summed E-state index contributed by atoms with van der Waals surface area (Å²) in [7, 11) is -3.72. The van der Waals surface area contributed by atoms with Gasteiger partial charge in [0.1, 0.15) is 11.5 Å². The molecule has 4 aromatic rings. The van der Waals surface area contributed by atoms with Crippen LogP contribution in [-0.4, -0.2) is 0 Å². The van der Waals surface area contributed by atoms with Crippen molar-refractivity contribution < 1.29 is 13.6 Å². The number of hydrogen-bond donors (Lipinski definition) is 0. The van der Waals surface area contributed by atoms with E-state index < -0.39 is 7.75 Å². The molecule has 6 heteroatoms. The fourth-order valence-electron chi connectivity index (χ4n) is 3.82. The van der Waals surface area contributed by atoms with Crippen molar-refractivity contribution in [1.82, 2.24) is 0 Å². The van der Waals surface area contributed by atoms with Gasteiger partial charge in [0.25, 0.3) is 0 Å². The Hall–Kier alpha value is -2.75. The van der Waals surface area contributed by atoms with Crippen LogP contribution in [0.15, 0.2) is 83.3 Å². The van der Waals surface area contributed by atoms with Gasteiger partial charge in [0.2, 0.25) is 0 Å². The maximum Gasteiger partial charge on any atom is 0.544 e. The summed E-state index contributed by atoms with van der Waals surface area (Å²) in [6.45, 7) is 4.34. The van der Waals surface area contributed by atoms with Crippen molar-refractivity contribution in [2.45, 2.75) is 20.4 Å². The molecule has 1 unspecified atom stereocenters. The molecule has 1 aliphatic rings. The van der Waals surface area contributed by atoms with E-state index in [1.807, 2.05) is 80.6 Å². The Bertz CT molecular complexity index is 1340. The first-order chi connectivity index (χ1) is 14.9. The third-order valence-electron chi connectivity index (χ3n) is 5.50. The summed E-state index contributed by atoms with van der Waals surface area (Å²) in [5.74, 6) is 1.16. The average molecular weight is 494 g/mol. The second-order valence-corrected chi connectivity index (χ2v) is 10.4. The number of nitrogens with zero attached hydrogens (tertiary/aromatic N) is 1. The van der Waals surface area contributed by atoms with E-state index >= 15 is 0 Å². The largest absolute Gasteiger partial charge is 0.544 e. The fraction of sp³-hybridized carbons (Fsp3) is 0.120. The lowest BCUT2D eigenvalue weighted by molar-refractivity contribution is 0.370. The quantitative estimate of drug-likeness (QED) is 0.273. The van der Waals surface area contributed by atoms with Crippen molar-refractivity contribution in [2.24, 2.45) is 0 Å². The molecule has 0 fully saturated rings. The van der Waals surface area contributed by atoms with Gasteiger partial charge < -0.3 is 9.05 Å². The first-order valence-corrected chi connectivity index (χ1v) is 12.3. The standard InChI is InChI=1S/C25H21BrNO3P/c1-17-7-8-18(2)25(15-17)30-31(28)27(21-12-10-20(26)11-13-21)16-23-22-6-4-3-5-19(22)9-14-24(23)29-31/h3-15H,16H2,1-2H3. The van der Waals surface area contributed by atoms with Gasteiger partial charge in [0, 0.05) is 15.7 Å². The molecule has 4 nitrogen and oxygen atoms in total. The molecule has 1 atom stereocenters. The SMILES string of the molecule is Cc1ccc(C)c(OP2(=O)Oc3ccc4ccccc4c3CN2c2ccc(Br)cc2)c1. The maximum atomic E-state index is 14.3. The van der Waals surface area contributed by atoms with E-state index in [9.17, 15) is 4.57 Å². The molecule has 0 spiro atoms. The van der Waals surface area contributed by atoms with Crippen LogP contribution in [0.5, 0.6) is 11.5 Å². The minimum atomic E-state index is -3.72. The van der Waals surface area contributed by atoms with E-state index in [1.54, 1.807) is 4.67 Å². The van der Waals surface area contributed by atoms with Crippen LogP contribution in [0.2, 0.25) is 0 Å². The Kier molecular flexibility index (Phi) is 5.04. The molecule has 0 aromatic heterocycles. The number of fused-ring (bicyclic) bond motifs is 3. The summed E-state index contributed by atoms with van der Waals surface area (Å²) in [5.41, 5.74) is 3.71. The molecule has 0 amide bonds. The zero-order valence-electron chi connectivity index (χ0n) is 17.2. The number of rotatable bonds is 3. The molecule has 0 bridgehead atoms. The van der Waals surface area contributed by atoms with Crippen molar-refractivity contribution in [1.29, 1.82) is 0 Å². The number of hydrogen-bond acceptors (Lipinski definition) is 3. The van der Waals surface area contributed by atoms with Gasteiger partial charge in [0.15, 0.2) is 0 Å². The molecule has 0 aliphatic carbocycles. The highest BCUT2D eigenvalue weighted by atomic mass is 79.9. The second-order valence-electron chi connectivity index (χ2n) is 7.72. The van der Waals surface area contributed by atoms with Crippen LogP contribution >= 0.6 is 23.7 Å². The zero-order chi connectivity index (χ0) is 21.6. The van der Waals surface area contributed by atoms with Crippen LogP contribution in [0.25, 0.3) is 10.8 Å². The van der Waals surface area contributed by atoms with E-state index in [-0.39, 0.29) is 0 Å².